The van der Waals surface area contributed by atoms with Crippen LogP contribution in [0.1, 0.15) is 10.5 Å². The number of hydrogen-bond donors (Lipinski definition) is 3. The number of aromatic hydroxyl groups is 1. The van der Waals surface area contributed by atoms with Crippen LogP contribution in [-0.2, 0) is 0 Å². The number of para-hydroxylation sites is 1. The molecule has 0 fully saturated rings. The van der Waals surface area contributed by atoms with Gasteiger partial charge in [-0.2, -0.15) is 0 Å². The van der Waals surface area contributed by atoms with Crippen LogP contribution in [0.15, 0.2) is 24.3 Å². The van der Waals surface area contributed by atoms with Crippen molar-refractivity contribution in [1.29, 1.82) is 0 Å². The first-order chi connectivity index (χ1) is 6.20. The van der Waals surface area contributed by atoms with Gasteiger partial charge in [0.15, 0.2) is 11.4 Å². The minimum atomic E-state index is -1.16. The molecule has 4 heteroatoms. The van der Waals surface area contributed by atoms with Crippen molar-refractivity contribution in [2.75, 3.05) is 0 Å². The summed E-state index contributed by atoms with van der Waals surface area (Å²) in [6.45, 7) is 0. The number of nitrogens with one attached hydrogen (secondary N) is 1. The average Bonchev–Trinajstić information content (AvgIpc) is 2.45. The minimum Gasteiger partial charge on any atom is -0.505 e. The Morgan fingerprint density at radius 3 is 2.62 bits per heavy atom. The van der Waals surface area contributed by atoms with E-state index in [0.29, 0.717) is 10.9 Å². The summed E-state index contributed by atoms with van der Waals surface area (Å²) in [6, 6.07) is 6.88. The van der Waals surface area contributed by atoms with Crippen LogP contribution in [0.25, 0.3) is 10.9 Å². The Morgan fingerprint density at radius 1 is 1.31 bits per heavy atom. The summed E-state index contributed by atoms with van der Waals surface area (Å²) in [6.07, 6.45) is 0. The molecule has 0 bridgehead atoms. The Bertz CT molecular complexity index is 473. The Hall–Kier alpha value is -1.97. The second-order valence-corrected chi connectivity index (χ2v) is 2.70. The molecule has 0 unspecified atom stereocenters. The van der Waals surface area contributed by atoms with Gasteiger partial charge in [-0.3, -0.25) is 0 Å². The van der Waals surface area contributed by atoms with Crippen LogP contribution in [0.5, 0.6) is 5.75 Å². The van der Waals surface area contributed by atoms with Crippen LogP contribution in [0.2, 0.25) is 0 Å². The molecule has 0 amide bonds. The minimum absolute atomic E-state index is 0.166. The number of H-pyrrole nitrogens is 1. The first-order valence-electron chi connectivity index (χ1n) is 3.73. The third-order valence-electron chi connectivity index (χ3n) is 1.89. The van der Waals surface area contributed by atoms with Crippen LogP contribution < -0.4 is 0 Å². The second kappa shape index (κ2) is 2.52. The van der Waals surface area contributed by atoms with Gasteiger partial charge in [0, 0.05) is 10.9 Å². The predicted molar refractivity (Wildman–Crippen MR) is 46.9 cm³/mol. The van der Waals surface area contributed by atoms with Crippen molar-refractivity contribution >= 4 is 16.9 Å². The molecule has 0 aliphatic rings. The topological polar surface area (TPSA) is 73.3 Å². The van der Waals surface area contributed by atoms with E-state index < -0.39 is 5.97 Å². The van der Waals surface area contributed by atoms with Crippen molar-refractivity contribution < 1.29 is 15.0 Å². The number of fused-ring (bicyclic) bond motifs is 1. The summed E-state index contributed by atoms with van der Waals surface area (Å²) in [5.41, 5.74) is 0.457. The lowest BCUT2D eigenvalue weighted by molar-refractivity contribution is 0.0688. The fourth-order valence-corrected chi connectivity index (χ4v) is 1.28. The Morgan fingerprint density at radius 2 is 2.00 bits per heavy atom. The smallest absolute Gasteiger partial charge is 0.356 e. The zero-order valence-corrected chi connectivity index (χ0v) is 6.61. The van der Waals surface area contributed by atoms with E-state index >= 15 is 0 Å². The lowest BCUT2D eigenvalue weighted by Gasteiger charge is -1.88. The van der Waals surface area contributed by atoms with Crippen LogP contribution in [-0.4, -0.2) is 21.2 Å². The summed E-state index contributed by atoms with van der Waals surface area (Å²) in [5, 5.41) is 18.7. The second-order valence-electron chi connectivity index (χ2n) is 2.70. The maximum atomic E-state index is 10.6. The van der Waals surface area contributed by atoms with Gasteiger partial charge in [-0.1, -0.05) is 12.1 Å². The normalized spacial score (nSPS) is 10.5. The molecular weight excluding hydrogens is 170 g/mol. The van der Waals surface area contributed by atoms with Crippen LogP contribution in [0.4, 0.5) is 0 Å². The van der Waals surface area contributed by atoms with Gasteiger partial charge in [0.1, 0.15) is 0 Å². The quantitative estimate of drug-likeness (QED) is 0.619. The van der Waals surface area contributed by atoms with Crippen LogP contribution in [0, 0.1) is 0 Å². The van der Waals surface area contributed by atoms with E-state index in [1.165, 1.54) is 0 Å². The molecule has 0 saturated carbocycles. The lowest BCUT2D eigenvalue weighted by Crippen LogP contribution is -1.95. The molecule has 0 aliphatic heterocycles. The van der Waals surface area contributed by atoms with Crippen molar-refractivity contribution in [3.8, 4) is 5.75 Å². The molecule has 13 heavy (non-hydrogen) atoms. The maximum absolute atomic E-state index is 10.6. The standard InChI is InChI=1S/C9H7NO3/c11-8-5-3-1-2-4-6(5)10-7(8)9(12)13/h1-4,10-11H,(H,12,13). The fourth-order valence-electron chi connectivity index (χ4n) is 1.28. The highest BCUT2D eigenvalue weighted by molar-refractivity contribution is 5.99. The largest absolute Gasteiger partial charge is 0.505 e. The summed E-state index contributed by atoms with van der Waals surface area (Å²) >= 11 is 0. The molecule has 0 spiro atoms. The number of carbonyl (C=O) groups is 1. The third kappa shape index (κ3) is 1.03. The van der Waals surface area contributed by atoms with E-state index in [-0.39, 0.29) is 11.4 Å². The first-order valence-corrected chi connectivity index (χ1v) is 3.73. The van der Waals surface area contributed by atoms with E-state index in [9.17, 15) is 9.90 Å². The van der Waals surface area contributed by atoms with Gasteiger partial charge in [-0.05, 0) is 12.1 Å². The van der Waals surface area contributed by atoms with Crippen molar-refractivity contribution in [3.05, 3.63) is 30.0 Å². The molecule has 0 radical (unpaired) electrons. The molecule has 2 rings (SSSR count). The molecule has 3 N–H and O–H groups in total. The first kappa shape index (κ1) is 7.67. The fraction of sp³-hybridized carbons (Fsp3) is 0. The number of aromatic amines is 1. The van der Waals surface area contributed by atoms with E-state index in [1.54, 1.807) is 24.3 Å². The van der Waals surface area contributed by atoms with Gasteiger partial charge in [-0.25, -0.2) is 4.79 Å². The molecule has 4 nitrogen and oxygen atoms in total. The molecule has 1 aromatic carbocycles. The van der Waals surface area contributed by atoms with Gasteiger partial charge in [0.25, 0.3) is 0 Å². The average molecular weight is 177 g/mol. The molecule has 0 atom stereocenters. The summed E-state index contributed by atoms with van der Waals surface area (Å²) in [4.78, 5) is 13.2. The highest BCUT2D eigenvalue weighted by Gasteiger charge is 2.14. The van der Waals surface area contributed by atoms with Crippen molar-refractivity contribution in [3.63, 3.8) is 0 Å². The number of carboxylic acid groups (broad SMARTS) is 1. The van der Waals surface area contributed by atoms with Crippen molar-refractivity contribution in [2.45, 2.75) is 0 Å². The Kier molecular flexibility index (Phi) is 1.48. The van der Waals surface area contributed by atoms with Gasteiger partial charge >= 0.3 is 5.97 Å². The van der Waals surface area contributed by atoms with Crippen molar-refractivity contribution in [2.24, 2.45) is 0 Å². The summed E-state index contributed by atoms with van der Waals surface area (Å²) in [5.74, 6) is -1.36. The number of rotatable bonds is 1. The van der Waals surface area contributed by atoms with Crippen LogP contribution in [0.3, 0.4) is 0 Å². The number of hydrogen-bond acceptors (Lipinski definition) is 2. The Labute approximate surface area is 73.4 Å². The highest BCUT2D eigenvalue weighted by atomic mass is 16.4. The predicted octanol–water partition coefficient (Wildman–Crippen LogP) is 1.57. The number of aromatic carboxylic acids is 1. The van der Waals surface area contributed by atoms with Gasteiger partial charge in [-0.15, -0.1) is 0 Å². The van der Waals surface area contributed by atoms with E-state index in [2.05, 4.69) is 4.98 Å². The maximum Gasteiger partial charge on any atom is 0.356 e. The SMILES string of the molecule is O=C(O)c1[nH]c2ccccc2c1O. The molecule has 1 aromatic heterocycles. The van der Waals surface area contributed by atoms with Crippen LogP contribution >= 0.6 is 0 Å². The molecule has 1 heterocycles. The Balaban J connectivity index is 2.81. The van der Waals surface area contributed by atoms with E-state index in [0.717, 1.165) is 0 Å². The molecule has 2 aromatic rings. The molecule has 0 saturated heterocycles. The van der Waals surface area contributed by atoms with Gasteiger partial charge in [0.2, 0.25) is 0 Å². The summed E-state index contributed by atoms with van der Waals surface area (Å²) < 4.78 is 0. The number of carboxylic acids is 1. The van der Waals surface area contributed by atoms with E-state index in [4.69, 9.17) is 5.11 Å². The molecule has 0 aliphatic carbocycles. The summed E-state index contributed by atoms with van der Waals surface area (Å²) in [7, 11) is 0. The monoisotopic (exact) mass is 177 g/mol. The third-order valence-corrected chi connectivity index (χ3v) is 1.89. The molecule has 66 valence electrons. The number of benzene rings is 1. The van der Waals surface area contributed by atoms with Gasteiger partial charge in [0.05, 0.1) is 0 Å². The van der Waals surface area contributed by atoms with E-state index in [1.807, 2.05) is 0 Å². The van der Waals surface area contributed by atoms with Crippen molar-refractivity contribution in [1.82, 2.24) is 4.98 Å². The molecular formula is C9H7NO3. The zero-order valence-electron chi connectivity index (χ0n) is 6.61. The van der Waals surface area contributed by atoms with Gasteiger partial charge < -0.3 is 15.2 Å². The number of aromatic nitrogens is 1. The zero-order chi connectivity index (χ0) is 9.42. The highest BCUT2D eigenvalue weighted by Crippen LogP contribution is 2.28. The lowest BCUT2D eigenvalue weighted by atomic mass is 10.2.